The molecule has 1 aromatic carbocycles. The Bertz CT molecular complexity index is 603. The van der Waals surface area contributed by atoms with Gasteiger partial charge in [-0.3, -0.25) is 14.5 Å². The Morgan fingerprint density at radius 1 is 1.19 bits per heavy atom. The van der Waals surface area contributed by atoms with E-state index in [2.05, 4.69) is 29.4 Å². The first-order valence-electron chi connectivity index (χ1n) is 9.05. The lowest BCUT2D eigenvalue weighted by Crippen LogP contribution is -2.52. The molecule has 1 heterocycles. The summed E-state index contributed by atoms with van der Waals surface area (Å²) in [6, 6.07) is 6.12. The van der Waals surface area contributed by atoms with E-state index in [1.165, 1.54) is 12.1 Å². The van der Waals surface area contributed by atoms with E-state index >= 15 is 0 Å². The first kappa shape index (κ1) is 20.3. The quantitative estimate of drug-likeness (QED) is 0.720. The summed E-state index contributed by atoms with van der Waals surface area (Å²) in [7, 11) is 0. The zero-order valence-electron chi connectivity index (χ0n) is 15.5. The molecule has 1 atom stereocenters. The molecule has 1 aromatic rings. The van der Waals surface area contributed by atoms with Gasteiger partial charge in [-0.1, -0.05) is 26.0 Å². The molecule has 6 nitrogen and oxygen atoms in total. The third kappa shape index (κ3) is 6.72. The molecular weight excluding hydrogens is 337 g/mol. The van der Waals surface area contributed by atoms with Crippen molar-refractivity contribution in [3.8, 4) is 0 Å². The predicted octanol–water partition coefficient (Wildman–Crippen LogP) is 0.957. The van der Waals surface area contributed by atoms with Crippen LogP contribution in [0.2, 0.25) is 0 Å². The Labute approximate surface area is 154 Å². The van der Waals surface area contributed by atoms with E-state index in [0.29, 0.717) is 31.2 Å². The van der Waals surface area contributed by atoms with Gasteiger partial charge in [-0.25, -0.2) is 4.39 Å². The minimum atomic E-state index is -0.379. The Hall–Kier alpha value is -1.99. The van der Waals surface area contributed by atoms with Gasteiger partial charge in [0, 0.05) is 25.7 Å². The molecule has 26 heavy (non-hydrogen) atoms. The highest BCUT2D eigenvalue weighted by atomic mass is 19.1. The van der Waals surface area contributed by atoms with Crippen molar-refractivity contribution in [1.82, 2.24) is 15.5 Å². The van der Waals surface area contributed by atoms with Crippen LogP contribution < -0.4 is 10.6 Å². The van der Waals surface area contributed by atoms with Crippen LogP contribution in [0.5, 0.6) is 0 Å². The maximum absolute atomic E-state index is 13.1. The van der Waals surface area contributed by atoms with Crippen LogP contribution >= 0.6 is 0 Å². The Morgan fingerprint density at radius 2 is 1.92 bits per heavy atom. The molecule has 0 aliphatic carbocycles. The second-order valence-corrected chi connectivity index (χ2v) is 6.85. The normalized spacial score (nSPS) is 16.3. The average molecular weight is 365 g/mol. The third-order valence-electron chi connectivity index (χ3n) is 4.49. The molecule has 1 fully saturated rings. The van der Waals surface area contributed by atoms with Crippen molar-refractivity contribution in [2.75, 3.05) is 39.4 Å². The third-order valence-corrected chi connectivity index (χ3v) is 4.49. The second-order valence-electron chi connectivity index (χ2n) is 6.85. The number of morpholine rings is 1. The number of hydrogen-bond acceptors (Lipinski definition) is 4. The number of rotatable bonds is 8. The summed E-state index contributed by atoms with van der Waals surface area (Å²) in [5, 5.41) is 5.47. The summed E-state index contributed by atoms with van der Waals surface area (Å²) in [5.41, 5.74) is 0.579. The number of carbonyl (C=O) groups excluding carboxylic acids is 2. The molecule has 2 rings (SSSR count). The summed E-state index contributed by atoms with van der Waals surface area (Å²) < 4.78 is 18.5. The van der Waals surface area contributed by atoms with E-state index in [-0.39, 0.29) is 36.6 Å². The number of amides is 2. The minimum absolute atomic E-state index is 0.0490. The van der Waals surface area contributed by atoms with Crippen molar-refractivity contribution >= 4 is 11.8 Å². The number of ether oxygens (including phenoxy) is 1. The summed E-state index contributed by atoms with van der Waals surface area (Å²) in [4.78, 5) is 26.3. The second kappa shape index (κ2) is 10.2. The number of benzene rings is 1. The highest BCUT2D eigenvalue weighted by Crippen LogP contribution is 2.12. The molecule has 2 amide bonds. The molecule has 2 N–H and O–H groups in total. The first-order chi connectivity index (χ1) is 12.5. The van der Waals surface area contributed by atoms with E-state index in [0.717, 1.165) is 13.1 Å². The van der Waals surface area contributed by atoms with Crippen LogP contribution in [0.15, 0.2) is 24.3 Å². The SMILES string of the molecule is CC(C)C(CNC(=O)CNC(=O)Cc1cccc(F)c1)N1CCOCC1. The topological polar surface area (TPSA) is 70.7 Å². The summed E-state index contributed by atoms with van der Waals surface area (Å²) in [5.74, 6) is -0.511. The lowest BCUT2D eigenvalue weighted by molar-refractivity contribution is -0.126. The zero-order valence-corrected chi connectivity index (χ0v) is 15.5. The Morgan fingerprint density at radius 3 is 2.58 bits per heavy atom. The number of hydrogen-bond donors (Lipinski definition) is 2. The molecular formula is C19H28FN3O3. The lowest BCUT2D eigenvalue weighted by Gasteiger charge is -2.36. The number of carbonyl (C=O) groups is 2. The Balaban J connectivity index is 1.72. The summed E-state index contributed by atoms with van der Waals surface area (Å²) in [6.07, 6.45) is 0.0490. The highest BCUT2D eigenvalue weighted by molar-refractivity contribution is 5.85. The zero-order chi connectivity index (χ0) is 18.9. The van der Waals surface area contributed by atoms with Gasteiger partial charge in [0.15, 0.2) is 0 Å². The molecule has 0 saturated carbocycles. The van der Waals surface area contributed by atoms with Crippen LogP contribution in [0, 0.1) is 11.7 Å². The smallest absolute Gasteiger partial charge is 0.239 e. The van der Waals surface area contributed by atoms with Gasteiger partial charge in [0.25, 0.3) is 0 Å². The molecule has 0 radical (unpaired) electrons. The van der Waals surface area contributed by atoms with Gasteiger partial charge < -0.3 is 15.4 Å². The molecule has 1 saturated heterocycles. The average Bonchev–Trinajstić information content (AvgIpc) is 2.61. The van der Waals surface area contributed by atoms with Gasteiger partial charge in [0.2, 0.25) is 11.8 Å². The van der Waals surface area contributed by atoms with Crippen molar-refractivity contribution < 1.29 is 18.7 Å². The lowest BCUT2D eigenvalue weighted by atomic mass is 10.0. The van der Waals surface area contributed by atoms with Gasteiger partial charge in [-0.05, 0) is 23.6 Å². The van der Waals surface area contributed by atoms with Crippen molar-refractivity contribution in [1.29, 1.82) is 0 Å². The highest BCUT2D eigenvalue weighted by Gasteiger charge is 2.24. The van der Waals surface area contributed by atoms with E-state index in [1.807, 2.05) is 0 Å². The van der Waals surface area contributed by atoms with E-state index < -0.39 is 0 Å². The summed E-state index contributed by atoms with van der Waals surface area (Å²) >= 11 is 0. The molecule has 1 unspecified atom stereocenters. The van der Waals surface area contributed by atoms with Crippen LogP contribution in [0.25, 0.3) is 0 Å². The molecule has 0 spiro atoms. The molecule has 1 aliphatic rings. The number of halogens is 1. The molecule has 0 aromatic heterocycles. The van der Waals surface area contributed by atoms with Crippen LogP contribution in [-0.2, 0) is 20.7 Å². The van der Waals surface area contributed by atoms with Crippen molar-refractivity contribution in [2.24, 2.45) is 5.92 Å². The van der Waals surface area contributed by atoms with Crippen LogP contribution in [0.4, 0.5) is 4.39 Å². The summed E-state index contributed by atoms with van der Waals surface area (Å²) in [6.45, 7) is 7.88. The number of nitrogens with one attached hydrogen (secondary N) is 2. The van der Waals surface area contributed by atoms with Gasteiger partial charge in [-0.15, -0.1) is 0 Å². The van der Waals surface area contributed by atoms with Crippen molar-refractivity contribution in [2.45, 2.75) is 26.3 Å². The van der Waals surface area contributed by atoms with Crippen molar-refractivity contribution in [3.05, 3.63) is 35.6 Å². The van der Waals surface area contributed by atoms with E-state index in [4.69, 9.17) is 4.74 Å². The largest absolute Gasteiger partial charge is 0.379 e. The monoisotopic (exact) mass is 365 g/mol. The van der Waals surface area contributed by atoms with Crippen molar-refractivity contribution in [3.63, 3.8) is 0 Å². The van der Waals surface area contributed by atoms with Gasteiger partial charge in [0.1, 0.15) is 5.82 Å². The standard InChI is InChI=1S/C19H28FN3O3/c1-14(2)17(23-6-8-26-9-7-23)12-21-19(25)13-22-18(24)11-15-4-3-5-16(20)10-15/h3-5,10,14,17H,6-9,11-13H2,1-2H3,(H,21,25)(H,22,24). The van der Waals surface area contributed by atoms with E-state index in [9.17, 15) is 14.0 Å². The van der Waals surface area contributed by atoms with Gasteiger partial charge in [0.05, 0.1) is 26.2 Å². The fourth-order valence-corrected chi connectivity index (χ4v) is 3.05. The first-order valence-corrected chi connectivity index (χ1v) is 9.05. The number of nitrogens with zero attached hydrogens (tertiary/aromatic N) is 1. The molecule has 0 bridgehead atoms. The maximum atomic E-state index is 13.1. The molecule has 1 aliphatic heterocycles. The molecule has 144 valence electrons. The fourth-order valence-electron chi connectivity index (χ4n) is 3.05. The predicted molar refractivity (Wildman–Crippen MR) is 97.1 cm³/mol. The van der Waals surface area contributed by atoms with Crippen LogP contribution in [0.3, 0.4) is 0 Å². The van der Waals surface area contributed by atoms with E-state index in [1.54, 1.807) is 12.1 Å². The van der Waals surface area contributed by atoms with Crippen LogP contribution in [0.1, 0.15) is 19.4 Å². The minimum Gasteiger partial charge on any atom is -0.379 e. The van der Waals surface area contributed by atoms with Gasteiger partial charge in [-0.2, -0.15) is 0 Å². The maximum Gasteiger partial charge on any atom is 0.239 e. The van der Waals surface area contributed by atoms with Gasteiger partial charge >= 0.3 is 0 Å². The molecule has 7 heteroatoms. The fraction of sp³-hybridized carbons (Fsp3) is 0.579. The Kier molecular flexibility index (Phi) is 8.00. The van der Waals surface area contributed by atoms with Crippen LogP contribution in [-0.4, -0.2) is 62.1 Å².